The normalized spacial score (nSPS) is 22.5. The quantitative estimate of drug-likeness (QED) is 0.777. The number of nitrogens with one attached hydrogen (secondary N) is 1. The maximum atomic E-state index is 11.9. The molecule has 1 N–H and O–H groups in total. The molecular weight excluding hydrogens is 209 g/mol. The Kier molecular flexibility index (Phi) is 3.96. The van der Waals surface area contributed by atoms with Gasteiger partial charge in [-0.1, -0.05) is 0 Å². The van der Waals surface area contributed by atoms with Crippen LogP contribution in [-0.4, -0.2) is 43.2 Å². The lowest BCUT2D eigenvalue weighted by Crippen LogP contribution is -2.36. The molecule has 0 aliphatic carbocycles. The molecule has 0 radical (unpaired) electrons. The first-order chi connectivity index (χ1) is 6.94. The minimum absolute atomic E-state index is 0.00826. The molecule has 1 fully saturated rings. The Balaban J connectivity index is 2.26. The molecule has 0 aromatic rings. The summed E-state index contributed by atoms with van der Waals surface area (Å²) in [6.07, 6.45) is -4.26. The van der Waals surface area contributed by atoms with Crippen LogP contribution in [0.15, 0.2) is 0 Å². The highest BCUT2D eigenvalue weighted by atomic mass is 19.4. The molecule has 0 bridgehead atoms. The fourth-order valence-corrected chi connectivity index (χ4v) is 1.70. The van der Waals surface area contributed by atoms with Crippen LogP contribution in [0.2, 0.25) is 0 Å². The van der Waals surface area contributed by atoms with Gasteiger partial charge in [0.25, 0.3) is 0 Å². The van der Waals surface area contributed by atoms with E-state index < -0.39 is 12.6 Å². The van der Waals surface area contributed by atoms with Crippen LogP contribution in [0.4, 0.5) is 13.2 Å². The molecule has 3 nitrogen and oxygen atoms in total. The largest absolute Gasteiger partial charge is 0.389 e. The fourth-order valence-electron chi connectivity index (χ4n) is 1.70. The molecule has 1 heterocycles. The van der Waals surface area contributed by atoms with Crippen LogP contribution in [-0.2, 0) is 4.79 Å². The first-order valence-electron chi connectivity index (χ1n) is 4.97. The topological polar surface area (TPSA) is 32.3 Å². The van der Waals surface area contributed by atoms with Gasteiger partial charge in [0.15, 0.2) is 0 Å². The average Bonchev–Trinajstić information content (AvgIpc) is 2.46. The van der Waals surface area contributed by atoms with Gasteiger partial charge in [0.2, 0.25) is 5.91 Å². The van der Waals surface area contributed by atoms with Gasteiger partial charge in [-0.15, -0.1) is 0 Å². The van der Waals surface area contributed by atoms with E-state index in [0.717, 1.165) is 0 Å². The first kappa shape index (κ1) is 12.3. The van der Waals surface area contributed by atoms with Gasteiger partial charge >= 0.3 is 6.18 Å². The highest BCUT2D eigenvalue weighted by Crippen LogP contribution is 2.22. The number of hydrogen-bond donors (Lipinski definition) is 1. The minimum Gasteiger partial charge on any atom is -0.341 e. The second-order valence-corrected chi connectivity index (χ2v) is 3.67. The Morgan fingerprint density at radius 2 is 2.20 bits per heavy atom. The highest BCUT2D eigenvalue weighted by molar-refractivity contribution is 5.83. The Hall–Kier alpha value is -0.780. The monoisotopic (exact) mass is 224 g/mol. The molecule has 1 atom stereocenters. The SMILES string of the molecule is CNC1CCN(CCCC(F)(F)F)C1=O. The fraction of sp³-hybridized carbons (Fsp3) is 0.889. The lowest BCUT2D eigenvalue weighted by atomic mass is 10.2. The zero-order chi connectivity index (χ0) is 11.5. The van der Waals surface area contributed by atoms with Crippen LogP contribution in [0, 0.1) is 0 Å². The minimum atomic E-state index is -4.12. The van der Waals surface area contributed by atoms with E-state index in [0.29, 0.717) is 13.0 Å². The zero-order valence-corrected chi connectivity index (χ0v) is 8.60. The molecule has 0 spiro atoms. The summed E-state index contributed by atoms with van der Waals surface area (Å²) in [6.45, 7) is 0.763. The maximum Gasteiger partial charge on any atom is 0.389 e. The molecule has 1 amide bonds. The number of likely N-dealkylation sites (N-methyl/N-ethyl adjacent to an activating group) is 1. The van der Waals surface area contributed by atoms with Crippen LogP contribution in [0.3, 0.4) is 0 Å². The summed E-state index contributed by atoms with van der Waals surface area (Å²) >= 11 is 0. The highest BCUT2D eigenvalue weighted by Gasteiger charge is 2.31. The van der Waals surface area contributed by atoms with Crippen LogP contribution >= 0.6 is 0 Å². The van der Waals surface area contributed by atoms with Crippen LogP contribution in [0.5, 0.6) is 0 Å². The van der Waals surface area contributed by atoms with Crippen molar-refractivity contribution >= 4 is 5.91 Å². The van der Waals surface area contributed by atoms with Gasteiger partial charge in [-0.05, 0) is 19.9 Å². The summed E-state index contributed by atoms with van der Waals surface area (Å²) in [7, 11) is 1.68. The third-order valence-electron chi connectivity index (χ3n) is 2.53. The summed E-state index contributed by atoms with van der Waals surface area (Å²) in [5.74, 6) is -0.0836. The number of rotatable bonds is 4. The summed E-state index contributed by atoms with van der Waals surface area (Å²) in [6, 6.07) is -0.212. The van der Waals surface area contributed by atoms with Gasteiger partial charge < -0.3 is 10.2 Å². The number of nitrogens with zero attached hydrogens (tertiary/aromatic N) is 1. The molecular formula is C9H15F3N2O. The Morgan fingerprint density at radius 1 is 1.53 bits per heavy atom. The zero-order valence-electron chi connectivity index (χ0n) is 8.60. The van der Waals surface area contributed by atoms with Crippen molar-refractivity contribution < 1.29 is 18.0 Å². The van der Waals surface area contributed by atoms with E-state index >= 15 is 0 Å². The van der Waals surface area contributed by atoms with E-state index in [-0.39, 0.29) is 24.9 Å². The number of carbonyl (C=O) groups excluding carboxylic acids is 1. The lowest BCUT2D eigenvalue weighted by molar-refractivity contribution is -0.139. The van der Waals surface area contributed by atoms with Crippen molar-refractivity contribution in [2.24, 2.45) is 0 Å². The van der Waals surface area contributed by atoms with Gasteiger partial charge in [-0.3, -0.25) is 4.79 Å². The number of amides is 1. The molecule has 6 heteroatoms. The summed E-state index contributed by atoms with van der Waals surface area (Å²) in [4.78, 5) is 13.0. The third-order valence-corrected chi connectivity index (χ3v) is 2.53. The van der Waals surface area contributed by atoms with Gasteiger partial charge in [0.05, 0.1) is 6.04 Å². The van der Waals surface area contributed by atoms with Gasteiger partial charge in [0.1, 0.15) is 0 Å². The Labute approximate surface area is 86.6 Å². The smallest absolute Gasteiger partial charge is 0.341 e. The van der Waals surface area contributed by atoms with E-state index in [1.165, 1.54) is 4.90 Å². The summed E-state index contributed by atoms with van der Waals surface area (Å²) < 4.78 is 35.6. The van der Waals surface area contributed by atoms with Crippen molar-refractivity contribution in [3.05, 3.63) is 0 Å². The number of likely N-dealkylation sites (tertiary alicyclic amines) is 1. The molecule has 1 aliphatic heterocycles. The second-order valence-electron chi connectivity index (χ2n) is 3.67. The molecule has 0 aromatic carbocycles. The van der Waals surface area contributed by atoms with Gasteiger partial charge in [-0.25, -0.2) is 0 Å². The van der Waals surface area contributed by atoms with Crippen LogP contribution in [0.25, 0.3) is 0 Å². The maximum absolute atomic E-state index is 11.9. The van der Waals surface area contributed by atoms with Gasteiger partial charge in [0, 0.05) is 19.5 Å². The van der Waals surface area contributed by atoms with Crippen LogP contribution in [0.1, 0.15) is 19.3 Å². The van der Waals surface area contributed by atoms with E-state index in [1.807, 2.05) is 0 Å². The van der Waals surface area contributed by atoms with Crippen LogP contribution < -0.4 is 5.32 Å². The summed E-state index contributed by atoms with van der Waals surface area (Å²) in [5.41, 5.74) is 0. The van der Waals surface area contributed by atoms with Gasteiger partial charge in [-0.2, -0.15) is 13.2 Å². The van der Waals surface area contributed by atoms with Crippen molar-refractivity contribution in [1.29, 1.82) is 0 Å². The third kappa shape index (κ3) is 3.70. The van der Waals surface area contributed by atoms with E-state index in [4.69, 9.17) is 0 Å². The Bertz CT molecular complexity index is 230. The molecule has 1 rings (SSSR count). The van der Waals surface area contributed by atoms with Crippen molar-refractivity contribution in [2.75, 3.05) is 20.1 Å². The van der Waals surface area contributed by atoms with Crippen molar-refractivity contribution in [1.82, 2.24) is 10.2 Å². The Morgan fingerprint density at radius 3 is 2.67 bits per heavy atom. The second kappa shape index (κ2) is 4.83. The molecule has 15 heavy (non-hydrogen) atoms. The number of hydrogen-bond acceptors (Lipinski definition) is 2. The lowest BCUT2D eigenvalue weighted by Gasteiger charge is -2.16. The number of alkyl halides is 3. The molecule has 1 unspecified atom stereocenters. The van der Waals surface area contributed by atoms with Crippen molar-refractivity contribution in [3.63, 3.8) is 0 Å². The van der Waals surface area contributed by atoms with E-state index in [2.05, 4.69) is 5.32 Å². The molecule has 0 saturated carbocycles. The predicted octanol–water partition coefficient (Wildman–Crippen LogP) is 1.15. The predicted molar refractivity (Wildman–Crippen MR) is 49.3 cm³/mol. The number of carbonyl (C=O) groups is 1. The van der Waals surface area contributed by atoms with Crippen molar-refractivity contribution in [3.8, 4) is 0 Å². The standard InChI is InChI=1S/C9H15F3N2O/c1-13-7-3-6-14(8(7)15)5-2-4-9(10,11)12/h7,13H,2-6H2,1H3. The molecule has 1 aliphatic rings. The molecule has 0 aromatic heterocycles. The first-order valence-corrected chi connectivity index (χ1v) is 4.97. The molecule has 1 saturated heterocycles. The van der Waals surface area contributed by atoms with E-state index in [9.17, 15) is 18.0 Å². The average molecular weight is 224 g/mol. The summed E-state index contributed by atoms with van der Waals surface area (Å²) in [5, 5.41) is 2.84. The van der Waals surface area contributed by atoms with E-state index in [1.54, 1.807) is 7.05 Å². The van der Waals surface area contributed by atoms with Crippen molar-refractivity contribution in [2.45, 2.75) is 31.5 Å². The number of halogens is 3. The molecule has 88 valence electrons.